The Morgan fingerprint density at radius 1 is 1.30 bits per heavy atom. The van der Waals surface area contributed by atoms with E-state index in [-0.39, 0.29) is 0 Å². The molecule has 0 aliphatic rings. The second kappa shape index (κ2) is 5.15. The largest absolute Gasteiger partial charge is 0.463 e. The van der Waals surface area contributed by atoms with Crippen LogP contribution in [0, 0.1) is 10.1 Å². The summed E-state index contributed by atoms with van der Waals surface area (Å²) in [7, 11) is 0. The second-order valence-corrected chi connectivity index (χ2v) is 3.67. The van der Waals surface area contributed by atoms with Crippen LogP contribution in [0.25, 0.3) is 0 Å². The van der Waals surface area contributed by atoms with Gasteiger partial charge in [-0.25, -0.2) is 4.98 Å². The quantitative estimate of drug-likeness (QED) is 0.402. The molecule has 0 fully saturated rings. The molecule has 0 atom stereocenters. The summed E-state index contributed by atoms with van der Waals surface area (Å²) < 4.78 is 61.2. The fraction of sp³-hybridized carbons (Fsp3) is 0.250. The van der Waals surface area contributed by atoms with Gasteiger partial charge in [-0.3, -0.25) is 20.2 Å². The number of pyridine rings is 1. The Balaban J connectivity index is 3.14. The number of aromatic nitrogens is 1. The van der Waals surface area contributed by atoms with E-state index >= 15 is 0 Å². The Labute approximate surface area is 111 Å². The van der Waals surface area contributed by atoms with E-state index < -0.39 is 39.6 Å². The Morgan fingerprint density at radius 2 is 1.85 bits per heavy atom. The standard InChI is InChI=1S/C8H3ClF5N3O3/c9-4-2-1-3(17(19)20)5(15-4)16-6(18)7(10,11)8(12,13)14/h1-2H,(H,15,16,18). The number of hydrogen-bond donors (Lipinski definition) is 1. The van der Waals surface area contributed by atoms with Crippen molar-refractivity contribution < 1.29 is 31.7 Å². The zero-order chi connectivity index (χ0) is 15.7. The lowest BCUT2D eigenvalue weighted by molar-refractivity contribution is -0.384. The first kappa shape index (κ1) is 16.0. The molecule has 1 amide bonds. The fourth-order valence-corrected chi connectivity index (χ4v) is 1.13. The molecule has 0 aliphatic carbocycles. The fourth-order valence-electron chi connectivity index (χ4n) is 0.982. The summed E-state index contributed by atoms with van der Waals surface area (Å²) in [6.07, 6.45) is -6.15. The predicted octanol–water partition coefficient (Wildman–Crippen LogP) is 2.78. The van der Waals surface area contributed by atoms with E-state index in [1.807, 2.05) is 0 Å². The van der Waals surface area contributed by atoms with E-state index in [2.05, 4.69) is 4.98 Å². The normalized spacial score (nSPS) is 12.1. The number of nitro groups is 1. The third-order valence-electron chi connectivity index (χ3n) is 1.91. The zero-order valence-corrected chi connectivity index (χ0v) is 9.80. The highest BCUT2D eigenvalue weighted by molar-refractivity contribution is 6.29. The van der Waals surface area contributed by atoms with Gasteiger partial charge in [-0.1, -0.05) is 11.6 Å². The van der Waals surface area contributed by atoms with Crippen LogP contribution in [-0.2, 0) is 4.79 Å². The molecular weight excluding hydrogens is 317 g/mol. The van der Waals surface area contributed by atoms with Crippen molar-refractivity contribution in [3.05, 3.63) is 27.4 Å². The van der Waals surface area contributed by atoms with Crippen LogP contribution < -0.4 is 5.32 Å². The average Bonchev–Trinajstić information content (AvgIpc) is 2.26. The molecule has 12 heteroatoms. The third-order valence-corrected chi connectivity index (χ3v) is 2.12. The SMILES string of the molecule is O=C(Nc1nc(Cl)ccc1[N+](=O)[O-])C(F)(F)C(F)(F)F. The molecule has 1 aromatic rings. The summed E-state index contributed by atoms with van der Waals surface area (Å²) >= 11 is 5.31. The first-order valence-corrected chi connectivity index (χ1v) is 4.91. The van der Waals surface area contributed by atoms with E-state index in [0.29, 0.717) is 6.07 Å². The molecule has 0 radical (unpaired) electrons. The summed E-state index contributed by atoms with van der Waals surface area (Å²) in [6.45, 7) is 0. The van der Waals surface area contributed by atoms with Crippen molar-refractivity contribution in [1.29, 1.82) is 0 Å². The molecule has 1 rings (SSSR count). The number of nitrogens with one attached hydrogen (secondary N) is 1. The van der Waals surface area contributed by atoms with Gasteiger partial charge in [0.1, 0.15) is 5.15 Å². The highest BCUT2D eigenvalue weighted by Gasteiger charge is 2.63. The topological polar surface area (TPSA) is 85.1 Å². The van der Waals surface area contributed by atoms with Gasteiger partial charge >= 0.3 is 23.7 Å². The average molecular weight is 320 g/mol. The predicted molar refractivity (Wildman–Crippen MR) is 55.5 cm³/mol. The summed E-state index contributed by atoms with van der Waals surface area (Å²) in [5.41, 5.74) is -0.985. The van der Waals surface area contributed by atoms with Gasteiger partial charge in [0.25, 0.3) is 0 Å². The maximum atomic E-state index is 12.7. The summed E-state index contributed by atoms with van der Waals surface area (Å²) in [5, 5.41) is 11.1. The van der Waals surface area contributed by atoms with Gasteiger partial charge in [0.05, 0.1) is 4.92 Å². The Kier molecular flexibility index (Phi) is 4.12. The van der Waals surface area contributed by atoms with E-state index in [1.54, 1.807) is 0 Å². The molecule has 0 spiro atoms. The Morgan fingerprint density at radius 3 is 2.30 bits per heavy atom. The minimum atomic E-state index is -6.15. The minimum Gasteiger partial charge on any atom is -0.299 e. The van der Waals surface area contributed by atoms with Crippen LogP contribution >= 0.6 is 11.6 Å². The van der Waals surface area contributed by atoms with Crippen LogP contribution in [0.2, 0.25) is 5.15 Å². The van der Waals surface area contributed by atoms with Gasteiger partial charge in [-0.15, -0.1) is 0 Å². The first-order valence-electron chi connectivity index (χ1n) is 4.53. The molecule has 1 aromatic heterocycles. The maximum Gasteiger partial charge on any atom is 0.463 e. The van der Waals surface area contributed by atoms with Crippen LogP contribution in [-0.4, -0.2) is 27.9 Å². The molecule has 0 saturated carbocycles. The number of alkyl halides is 5. The second-order valence-electron chi connectivity index (χ2n) is 3.29. The Bertz CT molecular complexity index is 563. The van der Waals surface area contributed by atoms with Gasteiger partial charge in [0.15, 0.2) is 0 Å². The molecule has 0 saturated heterocycles. The van der Waals surface area contributed by atoms with Gasteiger partial charge < -0.3 is 0 Å². The summed E-state index contributed by atoms with van der Waals surface area (Å²) in [6, 6.07) is 1.59. The van der Waals surface area contributed by atoms with Crippen molar-refractivity contribution >= 4 is 29.0 Å². The Hall–Kier alpha value is -2.04. The molecule has 20 heavy (non-hydrogen) atoms. The number of carbonyl (C=O) groups is 1. The van der Waals surface area contributed by atoms with Crippen LogP contribution in [0.5, 0.6) is 0 Å². The molecule has 0 unspecified atom stereocenters. The number of rotatable bonds is 3. The lowest BCUT2D eigenvalue weighted by atomic mass is 10.3. The highest BCUT2D eigenvalue weighted by Crippen LogP contribution is 2.37. The van der Waals surface area contributed by atoms with Crippen LogP contribution in [0.4, 0.5) is 33.5 Å². The summed E-state index contributed by atoms with van der Waals surface area (Å²) in [5.74, 6) is -9.65. The van der Waals surface area contributed by atoms with Crippen LogP contribution in [0.1, 0.15) is 0 Å². The van der Waals surface area contributed by atoms with Gasteiger partial charge in [-0.2, -0.15) is 22.0 Å². The van der Waals surface area contributed by atoms with Crippen molar-refractivity contribution in [3.8, 4) is 0 Å². The van der Waals surface area contributed by atoms with Crippen LogP contribution in [0.15, 0.2) is 12.1 Å². The molecule has 110 valence electrons. The zero-order valence-electron chi connectivity index (χ0n) is 9.04. The van der Waals surface area contributed by atoms with Crippen molar-refractivity contribution in [2.75, 3.05) is 5.32 Å². The number of hydrogen-bond acceptors (Lipinski definition) is 4. The molecule has 0 bridgehead atoms. The molecule has 6 nitrogen and oxygen atoms in total. The number of carbonyl (C=O) groups excluding carboxylic acids is 1. The number of nitrogens with zero attached hydrogens (tertiary/aromatic N) is 2. The van der Waals surface area contributed by atoms with Gasteiger partial charge in [0.2, 0.25) is 5.82 Å². The molecule has 1 heterocycles. The molecule has 0 aromatic carbocycles. The monoisotopic (exact) mass is 319 g/mol. The van der Waals surface area contributed by atoms with Crippen LogP contribution in [0.3, 0.4) is 0 Å². The molecule has 0 aliphatic heterocycles. The smallest absolute Gasteiger partial charge is 0.299 e. The van der Waals surface area contributed by atoms with E-state index in [9.17, 15) is 36.9 Å². The highest BCUT2D eigenvalue weighted by atomic mass is 35.5. The minimum absolute atomic E-state index is 0.443. The number of anilines is 1. The van der Waals surface area contributed by atoms with Crippen molar-refractivity contribution in [2.24, 2.45) is 0 Å². The lowest BCUT2D eigenvalue weighted by Crippen LogP contribution is -2.47. The maximum absolute atomic E-state index is 12.7. The molecular formula is C8H3ClF5N3O3. The van der Waals surface area contributed by atoms with Crippen molar-refractivity contribution in [1.82, 2.24) is 4.98 Å². The first-order chi connectivity index (χ1) is 8.96. The van der Waals surface area contributed by atoms with E-state index in [4.69, 9.17) is 11.6 Å². The lowest BCUT2D eigenvalue weighted by Gasteiger charge is -2.18. The van der Waals surface area contributed by atoms with Gasteiger partial charge in [-0.05, 0) is 6.07 Å². The van der Waals surface area contributed by atoms with Crippen molar-refractivity contribution in [2.45, 2.75) is 12.1 Å². The third kappa shape index (κ3) is 3.10. The van der Waals surface area contributed by atoms with Crippen molar-refractivity contribution in [3.63, 3.8) is 0 Å². The van der Waals surface area contributed by atoms with Gasteiger partial charge in [0, 0.05) is 6.07 Å². The molecule has 1 N–H and O–H groups in total. The van der Waals surface area contributed by atoms with E-state index in [1.165, 1.54) is 0 Å². The number of halogens is 6. The number of amides is 1. The van der Waals surface area contributed by atoms with E-state index in [0.717, 1.165) is 11.4 Å². The summed E-state index contributed by atoms with van der Waals surface area (Å²) in [4.78, 5) is 23.4.